The molecule has 1 saturated carbocycles. The topological polar surface area (TPSA) is 84.4 Å². The number of ether oxygens (including phenoxy) is 1. The molecule has 0 bridgehead atoms. The van der Waals surface area contributed by atoms with E-state index in [1.165, 1.54) is 0 Å². The zero-order valence-corrected chi connectivity index (χ0v) is 19.1. The first-order valence-corrected chi connectivity index (χ1v) is 10.7. The fraction of sp³-hybridized carbons (Fsp3) is 0.429. The molecule has 2 amide bonds. The van der Waals surface area contributed by atoms with Gasteiger partial charge < -0.3 is 10.1 Å². The Morgan fingerprint density at radius 1 is 1.25 bits per heavy atom. The van der Waals surface area contributed by atoms with Gasteiger partial charge in [0.1, 0.15) is 12.1 Å². The number of amides is 2. The molecule has 0 unspecified atom stereocenters. The minimum absolute atomic E-state index is 0.118. The van der Waals surface area contributed by atoms with Crippen molar-refractivity contribution in [3.63, 3.8) is 0 Å². The van der Waals surface area contributed by atoms with Crippen molar-refractivity contribution in [1.29, 1.82) is 0 Å². The molecular weight excluding hydrogens is 525 g/mol. The number of aromatic nitrogens is 2. The first kappa shape index (κ1) is 27.4. The van der Waals surface area contributed by atoms with Gasteiger partial charge in [0.15, 0.2) is 11.4 Å². The fourth-order valence-electron chi connectivity index (χ4n) is 3.86. The predicted molar refractivity (Wildman–Crippen MR) is 111 cm³/mol. The zero-order chi connectivity index (χ0) is 26.9. The lowest BCUT2D eigenvalue weighted by molar-refractivity contribution is -0.274. The summed E-state index contributed by atoms with van der Waals surface area (Å²) in [6.07, 6.45) is -3.39. The van der Waals surface area contributed by atoms with Crippen molar-refractivity contribution in [3.8, 4) is 5.75 Å². The van der Waals surface area contributed by atoms with Crippen molar-refractivity contribution in [3.05, 3.63) is 48.3 Å². The third-order valence-corrected chi connectivity index (χ3v) is 5.74. The first-order chi connectivity index (χ1) is 16.6. The number of carbonyl (C=O) groups excluding carboxylic acids is 2. The minimum atomic E-state index is -5.16. The lowest BCUT2D eigenvalue weighted by atomic mass is 9.89. The van der Waals surface area contributed by atoms with E-state index in [2.05, 4.69) is 20.0 Å². The standard InChI is InChI=1S/C21H18ClF7N4O3/c1-19(11-8-30-10-31-9-11,18(35)32-12-4-5-20(25,26)7-12)33(17(34)16(22)24)15-3-2-13(6-14(15)23)36-21(27,28)29/h2-3,6,8-10,12,16H,4-5,7H2,1H3,(H,32,35)/t12-,16-,19+/m0/s1. The van der Waals surface area contributed by atoms with E-state index in [1.54, 1.807) is 0 Å². The monoisotopic (exact) mass is 542 g/mol. The molecule has 2 aromatic rings. The van der Waals surface area contributed by atoms with Gasteiger partial charge in [0.2, 0.25) is 5.92 Å². The van der Waals surface area contributed by atoms with Crippen molar-refractivity contribution >= 4 is 29.1 Å². The Bertz CT molecular complexity index is 1120. The van der Waals surface area contributed by atoms with Gasteiger partial charge in [0.05, 0.1) is 5.69 Å². The van der Waals surface area contributed by atoms with E-state index in [-0.39, 0.29) is 23.0 Å². The van der Waals surface area contributed by atoms with Crippen molar-refractivity contribution in [2.75, 3.05) is 4.90 Å². The van der Waals surface area contributed by atoms with Gasteiger partial charge in [-0.15, -0.1) is 13.2 Å². The van der Waals surface area contributed by atoms with Crippen molar-refractivity contribution in [2.45, 2.75) is 55.7 Å². The first-order valence-electron chi connectivity index (χ1n) is 10.3. The van der Waals surface area contributed by atoms with E-state index in [4.69, 9.17) is 11.6 Å². The van der Waals surface area contributed by atoms with Crippen LogP contribution in [0.4, 0.5) is 36.4 Å². The maximum absolute atomic E-state index is 15.0. The van der Waals surface area contributed by atoms with Gasteiger partial charge in [-0.2, -0.15) is 0 Å². The van der Waals surface area contributed by atoms with E-state index in [1.807, 2.05) is 0 Å². The quantitative estimate of drug-likeness (QED) is 0.408. The number of anilines is 1. The number of benzene rings is 1. The van der Waals surface area contributed by atoms with Gasteiger partial charge >= 0.3 is 6.36 Å². The van der Waals surface area contributed by atoms with E-state index in [9.17, 15) is 35.9 Å². The molecule has 15 heteroatoms. The summed E-state index contributed by atoms with van der Waals surface area (Å²) in [6.45, 7) is 1.03. The van der Waals surface area contributed by atoms with Gasteiger partial charge in [-0.1, -0.05) is 11.6 Å². The fourth-order valence-corrected chi connectivity index (χ4v) is 3.95. The van der Waals surface area contributed by atoms with Crippen LogP contribution < -0.4 is 15.0 Å². The molecule has 0 spiro atoms. The van der Waals surface area contributed by atoms with Crippen LogP contribution in [-0.2, 0) is 15.1 Å². The molecule has 1 aliphatic rings. The number of hydrogen-bond donors (Lipinski definition) is 1. The highest BCUT2D eigenvalue weighted by molar-refractivity contribution is 6.32. The second-order valence-electron chi connectivity index (χ2n) is 8.10. The van der Waals surface area contributed by atoms with Crippen LogP contribution in [0.25, 0.3) is 0 Å². The third kappa shape index (κ3) is 5.97. The minimum Gasteiger partial charge on any atom is -0.406 e. The smallest absolute Gasteiger partial charge is 0.406 e. The SMILES string of the molecule is C[C@](C(=O)N[C@H]1CCC(F)(F)C1)(c1cncnc1)N(C(=O)[C@H](F)Cl)c1ccc(OC(F)(F)F)cc1F. The molecule has 0 radical (unpaired) electrons. The van der Waals surface area contributed by atoms with Crippen LogP contribution in [-0.4, -0.2) is 45.7 Å². The van der Waals surface area contributed by atoms with Crippen LogP contribution in [0, 0.1) is 5.82 Å². The van der Waals surface area contributed by atoms with E-state index < -0.39 is 71.4 Å². The summed E-state index contributed by atoms with van der Waals surface area (Å²) >= 11 is 5.33. The van der Waals surface area contributed by atoms with Gasteiger partial charge in [-0.3, -0.25) is 14.5 Å². The van der Waals surface area contributed by atoms with Crippen LogP contribution in [0.5, 0.6) is 5.75 Å². The average Bonchev–Trinajstić information content (AvgIpc) is 3.12. The van der Waals surface area contributed by atoms with Crippen LogP contribution in [0.3, 0.4) is 0 Å². The van der Waals surface area contributed by atoms with Gasteiger partial charge in [-0.25, -0.2) is 27.5 Å². The van der Waals surface area contributed by atoms with Gasteiger partial charge in [0, 0.05) is 42.9 Å². The molecule has 196 valence electrons. The second-order valence-corrected chi connectivity index (χ2v) is 8.49. The summed E-state index contributed by atoms with van der Waals surface area (Å²) in [5.41, 5.74) is -6.27. The highest BCUT2D eigenvalue weighted by atomic mass is 35.5. The number of alkyl halides is 7. The van der Waals surface area contributed by atoms with Crippen molar-refractivity contribution in [1.82, 2.24) is 15.3 Å². The number of rotatable bonds is 7. The number of halogens is 8. The maximum Gasteiger partial charge on any atom is 0.573 e. The average molecular weight is 543 g/mol. The van der Waals surface area contributed by atoms with E-state index in [0.29, 0.717) is 12.1 Å². The molecule has 0 saturated heterocycles. The molecule has 0 aliphatic heterocycles. The summed E-state index contributed by atoms with van der Waals surface area (Å²) in [7, 11) is 0. The summed E-state index contributed by atoms with van der Waals surface area (Å²) in [4.78, 5) is 34.1. The van der Waals surface area contributed by atoms with Crippen LogP contribution in [0.2, 0.25) is 0 Å². The van der Waals surface area contributed by atoms with Gasteiger partial charge in [0.25, 0.3) is 17.4 Å². The number of nitrogens with zero attached hydrogens (tertiary/aromatic N) is 3. The van der Waals surface area contributed by atoms with Gasteiger partial charge in [-0.05, 0) is 25.5 Å². The normalized spacial score (nSPS) is 19.8. The largest absolute Gasteiger partial charge is 0.573 e. The maximum atomic E-state index is 15.0. The number of hydrogen-bond acceptors (Lipinski definition) is 5. The van der Waals surface area contributed by atoms with Crippen molar-refractivity contribution in [2.24, 2.45) is 0 Å². The van der Waals surface area contributed by atoms with Crippen LogP contribution in [0.1, 0.15) is 31.7 Å². The molecule has 1 heterocycles. The molecule has 1 aromatic carbocycles. The lowest BCUT2D eigenvalue weighted by Crippen LogP contribution is -2.60. The Morgan fingerprint density at radius 2 is 1.89 bits per heavy atom. The molecule has 3 rings (SSSR count). The van der Waals surface area contributed by atoms with E-state index in [0.717, 1.165) is 25.6 Å². The Kier molecular flexibility index (Phi) is 7.67. The highest BCUT2D eigenvalue weighted by Gasteiger charge is 2.50. The third-order valence-electron chi connectivity index (χ3n) is 5.55. The van der Waals surface area contributed by atoms with Crippen molar-refractivity contribution < 1.29 is 45.1 Å². The Balaban J connectivity index is 2.13. The molecule has 1 aliphatic carbocycles. The molecule has 7 nitrogen and oxygen atoms in total. The summed E-state index contributed by atoms with van der Waals surface area (Å²) < 4.78 is 97.8. The number of nitrogens with one attached hydrogen (secondary N) is 1. The molecule has 3 atom stereocenters. The second kappa shape index (κ2) is 10.1. The lowest BCUT2D eigenvalue weighted by Gasteiger charge is -2.40. The molecule has 1 N–H and O–H groups in total. The predicted octanol–water partition coefficient (Wildman–Crippen LogP) is 4.60. The van der Waals surface area contributed by atoms with E-state index >= 15 is 4.39 Å². The molecule has 1 fully saturated rings. The summed E-state index contributed by atoms with van der Waals surface area (Å²) in [5, 5.41) is 2.35. The van der Waals surface area contributed by atoms with Crippen LogP contribution >= 0.6 is 11.6 Å². The Hall–Kier alpha value is -3.16. The molecule has 36 heavy (non-hydrogen) atoms. The number of carbonyl (C=O) groups is 2. The molecule has 1 aromatic heterocycles. The van der Waals surface area contributed by atoms with Crippen LogP contribution in [0.15, 0.2) is 36.9 Å². The molecular formula is C21H18ClF7N4O3. The highest BCUT2D eigenvalue weighted by Crippen LogP contribution is 2.39. The zero-order valence-electron chi connectivity index (χ0n) is 18.3. The Labute approximate surface area is 204 Å². The Morgan fingerprint density at radius 3 is 2.39 bits per heavy atom. The summed E-state index contributed by atoms with van der Waals surface area (Å²) in [6, 6.07) is 0.498. The summed E-state index contributed by atoms with van der Waals surface area (Å²) in [5.74, 6) is -8.37.